The zero-order chi connectivity index (χ0) is 41.7. The highest BCUT2D eigenvalue weighted by Crippen LogP contribution is 2.49. The van der Waals surface area contributed by atoms with Gasteiger partial charge in [-0.3, -0.25) is 0 Å². The average Bonchev–Trinajstić information content (AvgIpc) is 3.91. The Hall–Kier alpha value is -8.11. The van der Waals surface area contributed by atoms with E-state index in [9.17, 15) is 15.8 Å². The summed E-state index contributed by atoms with van der Waals surface area (Å²) in [6, 6.07) is 71.9. The zero-order valence-electron chi connectivity index (χ0n) is 33.1. The van der Waals surface area contributed by atoms with Crippen LogP contribution in [0.4, 0.5) is 0 Å². The molecule has 0 aliphatic heterocycles. The summed E-state index contributed by atoms with van der Waals surface area (Å²) in [5, 5.41) is 37.2. The molecule has 286 valence electrons. The molecule has 2 heterocycles. The van der Waals surface area contributed by atoms with E-state index in [1.54, 1.807) is 22.7 Å². The number of hydrogen-bond acceptors (Lipinski definition) is 5. The van der Waals surface area contributed by atoms with E-state index < -0.39 is 0 Å². The molecule has 0 saturated carbocycles. The molecule has 3 nitrogen and oxygen atoms in total. The Balaban J connectivity index is 1.29. The number of benzene rings is 9. The highest BCUT2D eigenvalue weighted by molar-refractivity contribution is 7.26. The standard InChI is InChI=1S/C57H31N3S2/c58-32-38-14-4-6-16-42(38)50-28-40(35-12-2-1-3-13-35)29-51(43-17-7-5-15-39(43)33-59)57(50)41-30-46(36-22-24-55-48(26-36)44-18-8-10-20-53(44)61-55)52(34-60)47(31-41)37-23-25-56-49(27-37)45-19-9-11-21-54(45)62-56/h1-31H. The maximum absolute atomic E-state index is 11.3. The Bertz CT molecular complexity index is 3530. The van der Waals surface area contributed by atoms with Crippen molar-refractivity contribution in [2.24, 2.45) is 0 Å². The predicted molar refractivity (Wildman–Crippen MR) is 259 cm³/mol. The number of hydrogen-bond donors (Lipinski definition) is 0. The minimum absolute atomic E-state index is 0.539. The van der Waals surface area contributed by atoms with Crippen LogP contribution in [0.25, 0.3) is 107 Å². The lowest BCUT2D eigenvalue weighted by molar-refractivity contribution is 1.45. The largest absolute Gasteiger partial charge is 0.192 e. The molecular weight excluding hydrogens is 791 g/mol. The quantitative estimate of drug-likeness (QED) is 0.168. The van der Waals surface area contributed by atoms with Crippen LogP contribution in [0, 0.1) is 34.0 Å². The molecule has 11 rings (SSSR count). The van der Waals surface area contributed by atoms with Crippen LogP contribution in [0.3, 0.4) is 0 Å². The Morgan fingerprint density at radius 2 is 0.726 bits per heavy atom. The molecule has 0 amide bonds. The molecule has 5 heteroatoms. The lowest BCUT2D eigenvalue weighted by Gasteiger charge is -2.22. The number of fused-ring (bicyclic) bond motifs is 6. The first-order valence-electron chi connectivity index (χ1n) is 20.2. The fourth-order valence-electron chi connectivity index (χ4n) is 8.96. The molecule has 0 bridgehead atoms. The van der Waals surface area contributed by atoms with Gasteiger partial charge in [-0.25, -0.2) is 0 Å². The second-order valence-electron chi connectivity index (χ2n) is 15.3. The maximum atomic E-state index is 11.3. The van der Waals surface area contributed by atoms with Crippen LogP contribution in [-0.2, 0) is 0 Å². The molecule has 0 N–H and O–H groups in total. The molecule has 0 atom stereocenters. The Morgan fingerprint density at radius 3 is 1.23 bits per heavy atom. The molecule has 0 spiro atoms. The first kappa shape index (κ1) is 36.9. The van der Waals surface area contributed by atoms with Gasteiger partial charge in [-0.2, -0.15) is 15.8 Å². The summed E-state index contributed by atoms with van der Waals surface area (Å²) in [5.41, 5.74) is 12.1. The van der Waals surface area contributed by atoms with E-state index in [-0.39, 0.29) is 0 Å². The minimum atomic E-state index is 0.539. The third-order valence-corrected chi connectivity index (χ3v) is 14.1. The van der Waals surface area contributed by atoms with Crippen LogP contribution in [0.2, 0.25) is 0 Å². The van der Waals surface area contributed by atoms with Crippen molar-refractivity contribution in [1.82, 2.24) is 0 Å². The van der Waals surface area contributed by atoms with E-state index in [0.29, 0.717) is 16.7 Å². The van der Waals surface area contributed by atoms with Gasteiger partial charge in [0.05, 0.1) is 28.8 Å². The molecule has 11 aromatic rings. The number of rotatable bonds is 6. The molecule has 0 saturated heterocycles. The SMILES string of the molecule is N#Cc1ccccc1-c1cc(-c2ccccc2)cc(-c2ccccc2C#N)c1-c1cc(-c2ccc3sc4ccccc4c3c2)c(C#N)c(-c2ccc3sc4ccccc4c3c2)c1. The van der Waals surface area contributed by atoms with E-state index in [1.807, 2.05) is 66.7 Å². The molecule has 2 aromatic heterocycles. The van der Waals surface area contributed by atoms with Crippen LogP contribution >= 0.6 is 22.7 Å². The molecule has 0 aliphatic rings. The lowest BCUT2D eigenvalue weighted by atomic mass is 9.80. The van der Waals surface area contributed by atoms with Gasteiger partial charge in [0.1, 0.15) is 6.07 Å². The molecule has 0 aliphatic carbocycles. The summed E-state index contributed by atoms with van der Waals surface area (Å²) < 4.78 is 4.79. The van der Waals surface area contributed by atoms with Crippen LogP contribution in [0.1, 0.15) is 16.7 Å². The first-order valence-corrected chi connectivity index (χ1v) is 21.9. The third kappa shape index (κ3) is 6.14. The maximum Gasteiger partial charge on any atom is 0.100 e. The average molecular weight is 822 g/mol. The van der Waals surface area contributed by atoms with Crippen molar-refractivity contribution < 1.29 is 0 Å². The summed E-state index contributed by atoms with van der Waals surface area (Å²) in [6.07, 6.45) is 0. The Labute approximate surface area is 366 Å². The lowest BCUT2D eigenvalue weighted by Crippen LogP contribution is -1.98. The van der Waals surface area contributed by atoms with Crippen molar-refractivity contribution >= 4 is 63.0 Å². The van der Waals surface area contributed by atoms with Gasteiger partial charge in [-0.05, 0) is 117 Å². The van der Waals surface area contributed by atoms with Crippen molar-refractivity contribution in [3.8, 4) is 85.0 Å². The second-order valence-corrected chi connectivity index (χ2v) is 17.5. The highest BCUT2D eigenvalue weighted by atomic mass is 32.1. The molecule has 62 heavy (non-hydrogen) atoms. The molecule has 9 aromatic carbocycles. The molecule has 0 fully saturated rings. The van der Waals surface area contributed by atoms with Crippen LogP contribution < -0.4 is 0 Å². The van der Waals surface area contributed by atoms with E-state index >= 15 is 0 Å². The number of thiophene rings is 2. The van der Waals surface area contributed by atoms with E-state index in [1.165, 1.54) is 29.6 Å². The smallest absolute Gasteiger partial charge is 0.100 e. The van der Waals surface area contributed by atoms with Crippen LogP contribution in [0.5, 0.6) is 0 Å². The van der Waals surface area contributed by atoms with Gasteiger partial charge in [0, 0.05) is 62.6 Å². The minimum Gasteiger partial charge on any atom is -0.192 e. The summed E-state index contributed by atoms with van der Waals surface area (Å²) in [4.78, 5) is 0. The molecule has 0 radical (unpaired) electrons. The van der Waals surface area contributed by atoms with Crippen LogP contribution in [0.15, 0.2) is 188 Å². The van der Waals surface area contributed by atoms with Crippen molar-refractivity contribution in [3.63, 3.8) is 0 Å². The monoisotopic (exact) mass is 821 g/mol. The van der Waals surface area contributed by atoms with E-state index in [2.05, 4.69) is 140 Å². The predicted octanol–water partition coefficient (Wildman–Crippen LogP) is 16.0. The molecular formula is C57H31N3S2. The Kier molecular flexibility index (Phi) is 9.04. The van der Waals surface area contributed by atoms with Crippen molar-refractivity contribution in [2.75, 3.05) is 0 Å². The number of nitrogens with zero attached hydrogens (tertiary/aromatic N) is 3. The summed E-state index contributed by atoms with van der Waals surface area (Å²) in [7, 11) is 0. The van der Waals surface area contributed by atoms with Gasteiger partial charge < -0.3 is 0 Å². The van der Waals surface area contributed by atoms with E-state index in [4.69, 9.17) is 0 Å². The summed E-state index contributed by atoms with van der Waals surface area (Å²) in [5.74, 6) is 0. The fraction of sp³-hybridized carbons (Fsp3) is 0. The van der Waals surface area contributed by atoms with Gasteiger partial charge in [0.15, 0.2) is 0 Å². The Morgan fingerprint density at radius 1 is 0.290 bits per heavy atom. The van der Waals surface area contributed by atoms with Crippen LogP contribution in [-0.4, -0.2) is 0 Å². The van der Waals surface area contributed by atoms with Gasteiger partial charge in [0.2, 0.25) is 0 Å². The van der Waals surface area contributed by atoms with Gasteiger partial charge in [-0.1, -0.05) is 115 Å². The first-order chi connectivity index (χ1) is 30.6. The highest BCUT2D eigenvalue weighted by Gasteiger charge is 2.24. The van der Waals surface area contributed by atoms with Crippen molar-refractivity contribution in [2.45, 2.75) is 0 Å². The summed E-state index contributed by atoms with van der Waals surface area (Å²) in [6.45, 7) is 0. The fourth-order valence-corrected chi connectivity index (χ4v) is 11.1. The van der Waals surface area contributed by atoms with Gasteiger partial charge in [-0.15, -0.1) is 22.7 Å². The number of nitriles is 3. The van der Waals surface area contributed by atoms with Crippen molar-refractivity contribution in [1.29, 1.82) is 15.8 Å². The second kappa shape index (κ2) is 15.2. The van der Waals surface area contributed by atoms with E-state index in [0.717, 1.165) is 77.5 Å². The topological polar surface area (TPSA) is 71.4 Å². The van der Waals surface area contributed by atoms with Gasteiger partial charge in [0.25, 0.3) is 0 Å². The van der Waals surface area contributed by atoms with Gasteiger partial charge >= 0.3 is 0 Å². The van der Waals surface area contributed by atoms with Crippen molar-refractivity contribution in [3.05, 3.63) is 205 Å². The third-order valence-electron chi connectivity index (χ3n) is 11.8. The summed E-state index contributed by atoms with van der Waals surface area (Å²) >= 11 is 3.53. The molecule has 0 unspecified atom stereocenters. The normalized spacial score (nSPS) is 11.2. The zero-order valence-corrected chi connectivity index (χ0v) is 34.7.